The molecule has 0 aromatic carbocycles. The van der Waals surface area contributed by atoms with E-state index in [2.05, 4.69) is 26.8 Å². The van der Waals surface area contributed by atoms with E-state index in [0.717, 1.165) is 12.3 Å². The third-order valence-corrected chi connectivity index (χ3v) is 9.47. The Balaban J connectivity index is 1.49. The Morgan fingerprint density at radius 2 is 2.07 bits per heavy atom. The number of hydrogen-bond donors (Lipinski definition) is 1. The molecule has 1 aliphatic heterocycles. The zero-order chi connectivity index (χ0) is 19.1. The maximum atomic E-state index is 11.5. The van der Waals surface area contributed by atoms with E-state index in [1.54, 1.807) is 0 Å². The van der Waals surface area contributed by atoms with Crippen LogP contribution in [0.15, 0.2) is 11.6 Å². The first-order chi connectivity index (χ1) is 12.8. The zero-order valence-electron chi connectivity index (χ0n) is 17.1. The van der Waals surface area contributed by atoms with Crippen LogP contribution in [-0.2, 0) is 14.3 Å². The number of carbonyl (C=O) groups excluding carboxylic acids is 1. The molecule has 150 valence electrons. The molecule has 5 rings (SSSR count). The monoisotopic (exact) mass is 374 g/mol. The highest BCUT2D eigenvalue weighted by Crippen LogP contribution is 2.68. The fraction of sp³-hybridized carbons (Fsp3) is 0.870. The van der Waals surface area contributed by atoms with E-state index in [1.807, 2.05) is 0 Å². The third-order valence-electron chi connectivity index (χ3n) is 9.47. The van der Waals surface area contributed by atoms with Crippen LogP contribution in [0.4, 0.5) is 0 Å². The Morgan fingerprint density at radius 1 is 1.30 bits per heavy atom. The first-order valence-electron chi connectivity index (χ1n) is 11.0. The molecule has 10 atom stereocenters. The Morgan fingerprint density at radius 3 is 2.78 bits per heavy atom. The first kappa shape index (κ1) is 18.2. The van der Waals surface area contributed by atoms with Gasteiger partial charge in [0.15, 0.2) is 0 Å². The molecule has 27 heavy (non-hydrogen) atoms. The lowest BCUT2D eigenvalue weighted by Gasteiger charge is -2.58. The van der Waals surface area contributed by atoms with Crippen LogP contribution in [0.2, 0.25) is 0 Å². The van der Waals surface area contributed by atoms with Crippen LogP contribution in [0, 0.1) is 34.5 Å². The van der Waals surface area contributed by atoms with E-state index in [4.69, 9.17) is 9.47 Å². The predicted molar refractivity (Wildman–Crippen MR) is 102 cm³/mol. The summed E-state index contributed by atoms with van der Waals surface area (Å²) in [5, 5.41) is 11.2. The molecule has 3 saturated carbocycles. The maximum absolute atomic E-state index is 11.5. The van der Waals surface area contributed by atoms with Gasteiger partial charge in [-0.15, -0.1) is 0 Å². The Labute approximate surface area is 162 Å². The molecule has 0 spiro atoms. The second-order valence-corrected chi connectivity index (χ2v) is 10.4. The average Bonchev–Trinajstić information content (AvgIpc) is 3.34. The Kier molecular flexibility index (Phi) is 3.92. The van der Waals surface area contributed by atoms with Gasteiger partial charge in [-0.3, -0.25) is 4.79 Å². The fourth-order valence-electron chi connectivity index (χ4n) is 8.11. The van der Waals surface area contributed by atoms with Gasteiger partial charge in [-0.1, -0.05) is 38.8 Å². The van der Waals surface area contributed by atoms with E-state index in [0.29, 0.717) is 23.2 Å². The normalized spacial score (nSPS) is 55.5. The summed E-state index contributed by atoms with van der Waals surface area (Å²) in [5.41, 5.74) is 1.66. The van der Waals surface area contributed by atoms with Gasteiger partial charge < -0.3 is 14.6 Å². The lowest BCUT2D eigenvalue weighted by Crippen LogP contribution is -2.57. The summed E-state index contributed by atoms with van der Waals surface area (Å²) >= 11 is 0. The molecule has 5 aliphatic rings. The standard InChI is InChI=1S/C23H34O4/c1-5-13-6-7-15-19-16(8-9-22(13,15)3)23(4)14(10-17(19)25)11-18(26-12(2)24)20-21(23)27-20/h10,13,15-21,25H,5-9,11H2,1-4H3/t13-,15-,16-,17+,18+,19-,20-,21?,22+,23-/m0/s1. The van der Waals surface area contributed by atoms with Crippen molar-refractivity contribution in [3.63, 3.8) is 0 Å². The van der Waals surface area contributed by atoms with Gasteiger partial charge in [-0.2, -0.15) is 0 Å². The number of rotatable bonds is 2. The Bertz CT molecular complexity index is 686. The topological polar surface area (TPSA) is 59.1 Å². The lowest BCUT2D eigenvalue weighted by molar-refractivity contribution is -0.148. The van der Waals surface area contributed by atoms with Crippen molar-refractivity contribution >= 4 is 5.97 Å². The highest BCUT2D eigenvalue weighted by molar-refractivity contribution is 5.66. The molecular formula is C23H34O4. The summed E-state index contributed by atoms with van der Waals surface area (Å²) < 4.78 is 11.7. The quantitative estimate of drug-likeness (QED) is 0.453. The predicted octanol–water partition coefficient (Wildman–Crippen LogP) is 3.87. The van der Waals surface area contributed by atoms with E-state index < -0.39 is 0 Å². The SMILES string of the molecule is CC[C@H]1CC[C@H]2[C@@H]3[C@H](O)C=C4C[C@@H](OC(C)=O)[C@@H]5OC5[C@]4(C)[C@H]3CC[C@]12C. The molecule has 0 aromatic rings. The number of fused-ring (bicyclic) bond motifs is 7. The van der Waals surface area contributed by atoms with Crippen molar-refractivity contribution in [1.82, 2.24) is 0 Å². The van der Waals surface area contributed by atoms with Crippen molar-refractivity contribution in [1.29, 1.82) is 0 Å². The maximum Gasteiger partial charge on any atom is 0.303 e. The van der Waals surface area contributed by atoms with E-state index >= 15 is 0 Å². The average molecular weight is 375 g/mol. The summed E-state index contributed by atoms with van der Waals surface area (Å²) in [5.74, 6) is 2.02. The van der Waals surface area contributed by atoms with Gasteiger partial charge in [0, 0.05) is 18.8 Å². The third kappa shape index (κ3) is 2.32. The van der Waals surface area contributed by atoms with Crippen molar-refractivity contribution in [3.05, 3.63) is 11.6 Å². The summed E-state index contributed by atoms with van der Waals surface area (Å²) in [6.45, 7) is 8.67. The minimum atomic E-state index is -0.369. The smallest absolute Gasteiger partial charge is 0.303 e. The second kappa shape index (κ2) is 5.82. The summed E-state index contributed by atoms with van der Waals surface area (Å²) in [4.78, 5) is 11.5. The van der Waals surface area contributed by atoms with Gasteiger partial charge in [-0.05, 0) is 54.8 Å². The number of epoxide rings is 1. The minimum Gasteiger partial charge on any atom is -0.459 e. The van der Waals surface area contributed by atoms with Gasteiger partial charge in [0.25, 0.3) is 0 Å². The van der Waals surface area contributed by atoms with E-state index in [-0.39, 0.29) is 35.8 Å². The van der Waals surface area contributed by atoms with Crippen LogP contribution < -0.4 is 0 Å². The molecule has 4 nitrogen and oxygen atoms in total. The molecule has 0 bridgehead atoms. The number of ether oxygens (including phenoxy) is 2. The van der Waals surface area contributed by atoms with Crippen molar-refractivity contribution in [2.24, 2.45) is 34.5 Å². The molecule has 1 N–H and O–H groups in total. The van der Waals surface area contributed by atoms with Crippen LogP contribution in [0.25, 0.3) is 0 Å². The van der Waals surface area contributed by atoms with Crippen molar-refractivity contribution in [2.45, 2.75) is 90.6 Å². The number of aliphatic hydroxyl groups excluding tert-OH is 1. The van der Waals surface area contributed by atoms with Gasteiger partial charge in [0.2, 0.25) is 0 Å². The first-order valence-corrected chi connectivity index (χ1v) is 11.0. The highest BCUT2D eigenvalue weighted by Gasteiger charge is 2.69. The van der Waals surface area contributed by atoms with Crippen molar-refractivity contribution in [3.8, 4) is 0 Å². The Hall–Kier alpha value is -0.870. The van der Waals surface area contributed by atoms with E-state index in [9.17, 15) is 9.90 Å². The minimum absolute atomic E-state index is 0.00313. The fourth-order valence-corrected chi connectivity index (χ4v) is 8.11. The second-order valence-electron chi connectivity index (χ2n) is 10.4. The van der Waals surface area contributed by atoms with Crippen molar-refractivity contribution < 1.29 is 19.4 Å². The molecule has 1 saturated heterocycles. The van der Waals surface area contributed by atoms with Crippen LogP contribution in [0.3, 0.4) is 0 Å². The molecule has 0 radical (unpaired) electrons. The van der Waals surface area contributed by atoms with Crippen LogP contribution in [-0.4, -0.2) is 35.5 Å². The number of esters is 1. The largest absolute Gasteiger partial charge is 0.459 e. The number of hydrogen-bond acceptors (Lipinski definition) is 4. The van der Waals surface area contributed by atoms with Crippen LogP contribution in [0.5, 0.6) is 0 Å². The summed E-state index contributed by atoms with van der Waals surface area (Å²) in [6, 6.07) is 0. The van der Waals surface area contributed by atoms with Crippen LogP contribution >= 0.6 is 0 Å². The lowest BCUT2D eigenvalue weighted by atomic mass is 9.46. The molecule has 1 heterocycles. The highest BCUT2D eigenvalue weighted by atomic mass is 16.6. The van der Waals surface area contributed by atoms with Gasteiger partial charge >= 0.3 is 5.97 Å². The zero-order valence-corrected chi connectivity index (χ0v) is 17.1. The van der Waals surface area contributed by atoms with Gasteiger partial charge in [-0.25, -0.2) is 0 Å². The van der Waals surface area contributed by atoms with Gasteiger partial charge in [0.05, 0.1) is 12.2 Å². The molecule has 4 fully saturated rings. The van der Waals surface area contributed by atoms with E-state index in [1.165, 1.54) is 44.6 Å². The molecule has 4 heteroatoms. The number of carbonyl (C=O) groups is 1. The molecular weight excluding hydrogens is 340 g/mol. The van der Waals surface area contributed by atoms with Crippen LogP contribution in [0.1, 0.15) is 66.2 Å². The molecule has 0 amide bonds. The summed E-state index contributed by atoms with van der Waals surface area (Å²) in [7, 11) is 0. The molecule has 0 aromatic heterocycles. The van der Waals surface area contributed by atoms with Gasteiger partial charge in [0.1, 0.15) is 12.2 Å². The molecule has 4 aliphatic carbocycles. The van der Waals surface area contributed by atoms with Crippen molar-refractivity contribution in [2.75, 3.05) is 0 Å². The number of aliphatic hydroxyl groups is 1. The summed E-state index contributed by atoms with van der Waals surface area (Å²) in [6.07, 6.45) is 8.79. The molecule has 1 unspecified atom stereocenters.